The number of ether oxygens (including phenoxy) is 1. The first-order chi connectivity index (χ1) is 30.0. The summed E-state index contributed by atoms with van der Waals surface area (Å²) >= 11 is 0. The summed E-state index contributed by atoms with van der Waals surface area (Å²) in [5.74, 6) is 6.59. The Morgan fingerprint density at radius 3 is 1.95 bits per heavy atom. The van der Waals surface area contributed by atoms with Crippen LogP contribution in [-0.4, -0.2) is 70.1 Å². The average Bonchev–Trinajstić information content (AvgIpc) is 3.62. The number of carboxylic acid groups (broad SMARTS) is 3. The molecule has 1 saturated heterocycles. The van der Waals surface area contributed by atoms with Crippen LogP contribution in [0.2, 0.25) is 0 Å². The number of nitrogens with zero attached hydrogens (tertiary/aromatic N) is 1. The van der Waals surface area contributed by atoms with Crippen molar-refractivity contribution >= 4 is 35.7 Å². The number of amides is 1. The number of fused-ring (bicyclic) bond motifs is 7. The second-order valence-corrected chi connectivity index (χ2v) is 24.2. The second-order valence-electron chi connectivity index (χ2n) is 24.2. The largest absolute Gasteiger partial charge is 0.565 e. The molecular formula is C51H85N5O9. The van der Waals surface area contributed by atoms with Crippen LogP contribution in [0.3, 0.4) is 0 Å². The van der Waals surface area contributed by atoms with Gasteiger partial charge < -0.3 is 29.8 Å². The summed E-state index contributed by atoms with van der Waals surface area (Å²) in [6.45, 7) is 28.7. The van der Waals surface area contributed by atoms with Gasteiger partial charge in [0.1, 0.15) is 11.9 Å². The molecular weight excluding hydrogens is 827 g/mol. The molecule has 0 aromatic heterocycles. The number of ketones is 1. The lowest BCUT2D eigenvalue weighted by Gasteiger charge is -2.73. The molecule has 0 spiro atoms. The molecule has 4 unspecified atom stereocenters. The smallest absolute Gasteiger partial charge is 0.360 e. The monoisotopic (exact) mass is 912 g/mol. The number of piperidine rings is 1. The van der Waals surface area contributed by atoms with Gasteiger partial charge in [-0.15, -0.1) is 0 Å². The van der Waals surface area contributed by atoms with E-state index >= 15 is 4.79 Å². The summed E-state index contributed by atoms with van der Waals surface area (Å²) in [5.41, 5.74) is 9.33. The molecule has 65 heavy (non-hydrogen) atoms. The molecule has 1 aliphatic heterocycles. The van der Waals surface area contributed by atoms with Crippen LogP contribution in [-0.2, 0) is 23.9 Å². The molecule has 368 valence electrons. The van der Waals surface area contributed by atoms with Crippen LogP contribution in [0.4, 0.5) is 4.79 Å². The number of allylic oxidation sites excluding steroid dienone is 1. The van der Waals surface area contributed by atoms with Gasteiger partial charge in [0.15, 0.2) is 0 Å². The highest BCUT2D eigenvalue weighted by Crippen LogP contribution is 2.78. The summed E-state index contributed by atoms with van der Waals surface area (Å²) in [4.78, 5) is 64.2. The first-order valence-electron chi connectivity index (χ1n) is 24.6. The predicted octanol–water partition coefficient (Wildman–Crippen LogP) is 5.79. The zero-order valence-corrected chi connectivity index (χ0v) is 41.5. The van der Waals surface area contributed by atoms with Crippen molar-refractivity contribution in [3.05, 3.63) is 12.2 Å². The van der Waals surface area contributed by atoms with Crippen LogP contribution in [0, 0.1) is 79.3 Å². The molecule has 6 aliphatic carbocycles. The molecule has 12 atom stereocenters. The zero-order valence-electron chi connectivity index (χ0n) is 41.5. The van der Waals surface area contributed by atoms with Crippen LogP contribution in [0.1, 0.15) is 172 Å². The lowest BCUT2D eigenvalue weighted by molar-refractivity contribution is -0.471. The Labute approximate surface area is 388 Å². The summed E-state index contributed by atoms with van der Waals surface area (Å²) < 4.78 is 6.20. The predicted molar refractivity (Wildman–Crippen MR) is 247 cm³/mol. The number of carboxylic acids is 1. The number of Topliss-reactive ketones (excluding diaryl/α,β-unsaturated/α-hetero) is 1. The van der Waals surface area contributed by atoms with E-state index in [4.69, 9.17) is 31.2 Å². The van der Waals surface area contributed by atoms with E-state index < -0.39 is 23.5 Å². The SMILES string of the molecule is C=C(C)[C@@H]1CC[C@@]2(C(=O)C[C@@H]3C[C@H](C(=O)N4CCCCC4)C3(C)C)CC[C@]3(C)C(CCC4[C@@]5(C)CC[C@H](OC(=O)CC(C)(C)C(=O)O)C(C)(C)C5CC[C@]43C)C12.N[NH+]=C(N)N.O=C([O-])O. The summed E-state index contributed by atoms with van der Waals surface area (Å²) in [7, 11) is 0. The van der Waals surface area contributed by atoms with Crippen molar-refractivity contribution in [3.63, 3.8) is 0 Å². The minimum atomic E-state index is -2.08. The fraction of sp³-hybridized carbons (Fsp3) is 0.843. The fourth-order valence-corrected chi connectivity index (χ4v) is 16.0. The van der Waals surface area contributed by atoms with Crippen molar-refractivity contribution in [3.8, 4) is 0 Å². The normalized spacial score (nSPS) is 38.6. The Bertz CT molecular complexity index is 1870. The number of hydrogen-bond donors (Lipinski definition) is 6. The van der Waals surface area contributed by atoms with E-state index in [9.17, 15) is 19.5 Å². The Balaban J connectivity index is 0.000000806. The number of hydrogen-bond acceptors (Lipinski definition) is 8. The second kappa shape index (κ2) is 18.7. The van der Waals surface area contributed by atoms with E-state index in [2.05, 4.69) is 72.7 Å². The number of nitrogens with one attached hydrogen (secondary N) is 1. The quantitative estimate of drug-likeness (QED) is 0.0402. The van der Waals surface area contributed by atoms with Gasteiger partial charge in [0, 0.05) is 36.3 Å². The number of hydrazone groups is 1. The highest BCUT2D eigenvalue weighted by atomic mass is 16.6. The Morgan fingerprint density at radius 2 is 1.42 bits per heavy atom. The standard InChI is InChI=1S/C49H77NO6.CH6N4.CH2O3/c1-30(2)32-17-22-49(37(51)28-31-27-34(44(31,5)6)41(53)50-25-13-12-14-26-50)24-23-47(10)33(40(32)49)15-16-36-46(9)20-19-38(56-39(52)29-43(3,4)42(54)55)45(7,8)35(46)18-21-48(36,47)11;2-1(3)5-4;2-1(3)4/h31-36,38,40H,1,12-29H2,2-11H3,(H,54,55);4H2,(H4,2,3,5);(H2,2,3,4)/t31-,32-,33?,34+,35?,36?,38-,40?,46-,47+,48+,49-;;/m0../s1. The first kappa shape index (κ1) is 52.1. The van der Waals surface area contributed by atoms with Crippen LogP contribution >= 0.6 is 0 Å². The van der Waals surface area contributed by atoms with E-state index in [1.165, 1.54) is 18.4 Å². The van der Waals surface area contributed by atoms with E-state index in [0.717, 1.165) is 90.1 Å². The van der Waals surface area contributed by atoms with Crippen molar-refractivity contribution in [1.82, 2.24) is 4.90 Å². The minimum Gasteiger partial charge on any atom is -0.565 e. The molecule has 1 amide bonds. The molecule has 1 heterocycles. The van der Waals surface area contributed by atoms with Gasteiger partial charge in [0.2, 0.25) is 12.1 Å². The maximum atomic E-state index is 15.1. The van der Waals surface area contributed by atoms with E-state index in [1.54, 1.807) is 13.8 Å². The lowest BCUT2D eigenvalue weighted by atomic mass is 9.32. The maximum Gasteiger partial charge on any atom is 0.360 e. The van der Waals surface area contributed by atoms with Crippen molar-refractivity contribution in [2.75, 3.05) is 13.1 Å². The van der Waals surface area contributed by atoms with Gasteiger partial charge >= 0.3 is 17.9 Å². The third-order valence-corrected chi connectivity index (χ3v) is 20.0. The number of hydrazine groups is 1. The topological polar surface area (TPSA) is 253 Å². The van der Waals surface area contributed by atoms with E-state index in [1.807, 2.05) is 5.10 Å². The number of likely N-dealkylation sites (tertiary alicyclic amines) is 1. The number of nitrogens with two attached hydrogens (primary N) is 3. The van der Waals surface area contributed by atoms with Gasteiger partial charge in [-0.2, -0.15) is 5.10 Å². The van der Waals surface area contributed by atoms with Crippen LogP contribution in [0.15, 0.2) is 12.2 Å². The molecule has 7 fully saturated rings. The number of aliphatic carboxylic acids is 1. The highest BCUT2D eigenvalue weighted by molar-refractivity contribution is 5.87. The summed E-state index contributed by atoms with van der Waals surface area (Å²) in [5, 5.41) is 27.0. The van der Waals surface area contributed by atoms with Crippen molar-refractivity contribution < 1.29 is 49.1 Å². The highest BCUT2D eigenvalue weighted by Gasteiger charge is 2.72. The van der Waals surface area contributed by atoms with Gasteiger partial charge in [0.05, 0.1) is 11.8 Å². The van der Waals surface area contributed by atoms with E-state index in [0.29, 0.717) is 47.7 Å². The Hall–Kier alpha value is -3.84. The molecule has 9 N–H and O–H groups in total. The van der Waals surface area contributed by atoms with Crippen LogP contribution in [0.5, 0.6) is 0 Å². The molecule has 14 nitrogen and oxygen atoms in total. The molecule has 0 aromatic rings. The maximum absolute atomic E-state index is 15.1. The van der Waals surface area contributed by atoms with Gasteiger partial charge in [-0.3, -0.25) is 36.5 Å². The average molecular weight is 912 g/mol. The van der Waals surface area contributed by atoms with Crippen LogP contribution in [0.25, 0.3) is 0 Å². The lowest BCUT2D eigenvalue weighted by Crippen LogP contribution is -2.84. The third-order valence-electron chi connectivity index (χ3n) is 20.0. The van der Waals surface area contributed by atoms with Gasteiger partial charge in [0.25, 0.3) is 0 Å². The third kappa shape index (κ3) is 9.27. The molecule has 7 aliphatic rings. The fourth-order valence-electron chi connectivity index (χ4n) is 16.0. The number of rotatable bonds is 9. The number of carbonyl (C=O) groups is 5. The van der Waals surface area contributed by atoms with Gasteiger partial charge in [-0.05, 0) is 168 Å². The first-order valence-corrected chi connectivity index (χ1v) is 24.6. The van der Waals surface area contributed by atoms with Crippen LogP contribution < -0.4 is 27.5 Å². The Kier molecular flexibility index (Phi) is 15.0. The summed E-state index contributed by atoms with van der Waals surface area (Å²) in [6.07, 6.45) is 13.0. The van der Waals surface area contributed by atoms with Crippen molar-refractivity contribution in [2.45, 2.75) is 178 Å². The molecule has 7 rings (SSSR count). The van der Waals surface area contributed by atoms with E-state index in [-0.39, 0.29) is 62.8 Å². The van der Waals surface area contributed by atoms with Crippen molar-refractivity contribution in [1.29, 1.82) is 0 Å². The van der Waals surface area contributed by atoms with Gasteiger partial charge in [-0.25, -0.2) is 0 Å². The van der Waals surface area contributed by atoms with Crippen molar-refractivity contribution in [2.24, 2.45) is 96.6 Å². The molecule has 14 heteroatoms. The molecule has 6 saturated carbocycles. The molecule has 0 bridgehead atoms. The minimum absolute atomic E-state index is 0.0324. The zero-order chi connectivity index (χ0) is 48.9. The summed E-state index contributed by atoms with van der Waals surface area (Å²) in [6, 6.07) is 0. The van der Waals surface area contributed by atoms with Gasteiger partial charge in [-0.1, -0.05) is 60.6 Å². The number of guanidine groups is 1. The number of carbonyl (C=O) groups excluding carboxylic acids is 3. The number of esters is 1. The molecule has 0 aromatic carbocycles. The molecule has 0 radical (unpaired) electrons. The Morgan fingerprint density at radius 1 is 0.815 bits per heavy atom.